The minimum atomic E-state index is -3.70. The monoisotopic (exact) mass is 432 g/mol. The maximum Gasteiger partial charge on any atom is 0.261 e. The van der Waals surface area contributed by atoms with Gasteiger partial charge in [-0.3, -0.25) is 4.72 Å². The molecule has 0 bridgehead atoms. The minimum Gasteiger partial charge on any atom is -0.497 e. The summed E-state index contributed by atoms with van der Waals surface area (Å²) in [6, 6.07) is 22.8. The van der Waals surface area contributed by atoms with Crippen LogP contribution in [0, 0.1) is 5.92 Å². The smallest absolute Gasteiger partial charge is 0.261 e. The van der Waals surface area contributed by atoms with Crippen LogP contribution < -0.4 is 14.8 Å². The van der Waals surface area contributed by atoms with Crippen LogP contribution >= 0.6 is 0 Å². The number of fused-ring (bicyclic) bond motifs is 3. The fourth-order valence-electron chi connectivity index (χ4n) is 4.60. The average Bonchev–Trinajstić information content (AvgIpc) is 3.29. The number of ether oxygens (including phenoxy) is 1. The second-order valence-corrected chi connectivity index (χ2v) is 9.65. The first-order valence-electron chi connectivity index (χ1n) is 10.3. The van der Waals surface area contributed by atoms with E-state index in [4.69, 9.17) is 4.74 Å². The van der Waals surface area contributed by atoms with Crippen molar-refractivity contribution in [3.63, 3.8) is 0 Å². The Bertz CT molecular complexity index is 1220. The van der Waals surface area contributed by atoms with E-state index in [2.05, 4.69) is 46.5 Å². The summed E-state index contributed by atoms with van der Waals surface area (Å²) in [7, 11) is -2.13. The number of methoxy groups -OCH3 is 1. The zero-order chi connectivity index (χ0) is 21.4. The lowest BCUT2D eigenvalue weighted by Gasteiger charge is -2.37. The molecule has 1 aliphatic carbocycles. The van der Waals surface area contributed by atoms with E-state index in [1.165, 1.54) is 5.56 Å². The van der Waals surface area contributed by atoms with Crippen molar-refractivity contribution < 1.29 is 13.2 Å². The summed E-state index contributed by atoms with van der Waals surface area (Å²) in [5.41, 5.74) is 3.78. The molecule has 0 amide bonds. The summed E-state index contributed by atoms with van der Waals surface area (Å²) in [6.45, 7) is 0. The predicted octanol–water partition coefficient (Wildman–Crippen LogP) is 5.32. The Morgan fingerprint density at radius 3 is 2.52 bits per heavy atom. The summed E-state index contributed by atoms with van der Waals surface area (Å²) < 4.78 is 33.9. The number of anilines is 2. The molecule has 3 atom stereocenters. The van der Waals surface area contributed by atoms with E-state index in [0.29, 0.717) is 17.4 Å². The second kappa shape index (κ2) is 7.78. The van der Waals surface area contributed by atoms with Gasteiger partial charge in [0, 0.05) is 17.3 Å². The molecule has 1 heterocycles. The zero-order valence-corrected chi connectivity index (χ0v) is 18.0. The molecule has 1 aliphatic heterocycles. The Hall–Kier alpha value is -3.25. The van der Waals surface area contributed by atoms with Crippen molar-refractivity contribution in [2.75, 3.05) is 17.1 Å². The van der Waals surface area contributed by atoms with Gasteiger partial charge in [-0.15, -0.1) is 0 Å². The van der Waals surface area contributed by atoms with Crippen molar-refractivity contribution in [2.24, 2.45) is 5.92 Å². The molecule has 0 saturated heterocycles. The van der Waals surface area contributed by atoms with Gasteiger partial charge >= 0.3 is 0 Å². The fraction of sp³-hybridized carbons (Fsp3) is 0.200. The molecular formula is C25H24N2O3S. The van der Waals surface area contributed by atoms with Crippen molar-refractivity contribution in [3.8, 4) is 5.75 Å². The molecule has 0 radical (unpaired) electrons. The van der Waals surface area contributed by atoms with Gasteiger partial charge in [-0.25, -0.2) is 8.42 Å². The van der Waals surface area contributed by atoms with E-state index in [1.54, 1.807) is 37.4 Å². The first-order valence-corrected chi connectivity index (χ1v) is 11.8. The third-order valence-electron chi connectivity index (χ3n) is 6.15. The lowest BCUT2D eigenvalue weighted by molar-refractivity contribution is 0.415. The topological polar surface area (TPSA) is 67.4 Å². The van der Waals surface area contributed by atoms with Crippen LogP contribution in [0.4, 0.5) is 11.4 Å². The number of nitrogens with one attached hydrogen (secondary N) is 2. The molecule has 2 aliphatic rings. The maximum absolute atomic E-state index is 13.0. The Morgan fingerprint density at radius 1 is 1.00 bits per heavy atom. The highest BCUT2D eigenvalue weighted by Gasteiger charge is 2.38. The maximum atomic E-state index is 13.0. The van der Waals surface area contributed by atoms with E-state index >= 15 is 0 Å². The molecule has 3 aromatic carbocycles. The van der Waals surface area contributed by atoms with Gasteiger partial charge in [0.1, 0.15) is 5.75 Å². The lowest BCUT2D eigenvalue weighted by atomic mass is 9.77. The molecule has 0 spiro atoms. The van der Waals surface area contributed by atoms with Gasteiger partial charge in [0.25, 0.3) is 10.0 Å². The van der Waals surface area contributed by atoms with Crippen LogP contribution in [0.2, 0.25) is 0 Å². The number of allylic oxidation sites excluding steroid dienone is 2. The SMILES string of the molecule is COc1ccc(NS(=O)(=O)c2ccc3c(c2)[C@@H]2C=CC[C@H]2[C@@H](c2ccccc2)N3)cc1. The van der Waals surface area contributed by atoms with Crippen molar-refractivity contribution >= 4 is 21.4 Å². The molecule has 31 heavy (non-hydrogen) atoms. The van der Waals surface area contributed by atoms with Gasteiger partial charge in [-0.2, -0.15) is 0 Å². The van der Waals surface area contributed by atoms with E-state index in [-0.39, 0.29) is 16.9 Å². The Balaban J connectivity index is 1.46. The largest absolute Gasteiger partial charge is 0.497 e. The van der Waals surface area contributed by atoms with Crippen LogP contribution in [-0.4, -0.2) is 15.5 Å². The van der Waals surface area contributed by atoms with Crippen LogP contribution in [0.15, 0.2) is 89.8 Å². The quantitative estimate of drug-likeness (QED) is 0.535. The number of sulfonamides is 1. The van der Waals surface area contributed by atoms with Crippen LogP contribution in [0.1, 0.15) is 29.5 Å². The Labute approximate surface area is 182 Å². The summed E-state index contributed by atoms with van der Waals surface area (Å²) >= 11 is 0. The lowest BCUT2D eigenvalue weighted by Crippen LogP contribution is -2.29. The van der Waals surface area contributed by atoms with Crippen LogP contribution in [0.3, 0.4) is 0 Å². The van der Waals surface area contributed by atoms with Crippen LogP contribution in [0.5, 0.6) is 5.75 Å². The molecule has 0 aromatic heterocycles. The summed E-state index contributed by atoms with van der Waals surface area (Å²) in [6.07, 6.45) is 5.39. The van der Waals surface area contributed by atoms with E-state index in [9.17, 15) is 8.42 Å². The molecule has 3 aromatic rings. The highest BCUT2D eigenvalue weighted by atomic mass is 32.2. The van der Waals surface area contributed by atoms with Crippen molar-refractivity contribution in [2.45, 2.75) is 23.3 Å². The van der Waals surface area contributed by atoms with Gasteiger partial charge in [0.2, 0.25) is 0 Å². The first kappa shape index (κ1) is 19.7. The Kier molecular flexibility index (Phi) is 4.94. The number of hydrogen-bond acceptors (Lipinski definition) is 4. The van der Waals surface area contributed by atoms with Crippen LogP contribution in [0.25, 0.3) is 0 Å². The van der Waals surface area contributed by atoms with Gasteiger partial charge in [0.15, 0.2) is 0 Å². The van der Waals surface area contributed by atoms with Crippen molar-refractivity contribution in [1.29, 1.82) is 0 Å². The summed E-state index contributed by atoms with van der Waals surface area (Å²) in [4.78, 5) is 0.265. The van der Waals surface area contributed by atoms with Gasteiger partial charge in [-0.1, -0.05) is 42.5 Å². The van der Waals surface area contributed by atoms with Gasteiger partial charge in [-0.05, 0) is 65.9 Å². The summed E-state index contributed by atoms with van der Waals surface area (Å²) in [5.74, 6) is 1.23. The third kappa shape index (κ3) is 3.68. The molecule has 2 N–H and O–H groups in total. The Morgan fingerprint density at radius 2 is 1.77 bits per heavy atom. The highest BCUT2D eigenvalue weighted by molar-refractivity contribution is 7.92. The molecule has 0 saturated carbocycles. The normalized spacial score (nSPS) is 21.6. The number of benzene rings is 3. The molecule has 5 nitrogen and oxygen atoms in total. The van der Waals surface area contributed by atoms with Gasteiger partial charge in [0.05, 0.1) is 18.0 Å². The molecule has 0 fully saturated rings. The summed E-state index contributed by atoms with van der Waals surface area (Å²) in [5, 5.41) is 3.66. The van der Waals surface area contributed by atoms with Gasteiger partial charge < -0.3 is 10.1 Å². The molecule has 5 rings (SSSR count). The fourth-order valence-corrected chi connectivity index (χ4v) is 5.70. The zero-order valence-electron chi connectivity index (χ0n) is 17.2. The van der Waals surface area contributed by atoms with Crippen molar-refractivity contribution in [3.05, 3.63) is 96.1 Å². The van der Waals surface area contributed by atoms with Crippen LogP contribution in [-0.2, 0) is 10.0 Å². The number of hydrogen-bond donors (Lipinski definition) is 2. The van der Waals surface area contributed by atoms with E-state index in [0.717, 1.165) is 17.7 Å². The van der Waals surface area contributed by atoms with E-state index in [1.807, 2.05) is 18.2 Å². The molecule has 6 heteroatoms. The highest BCUT2D eigenvalue weighted by Crippen LogP contribution is 2.50. The second-order valence-electron chi connectivity index (χ2n) is 7.97. The van der Waals surface area contributed by atoms with E-state index < -0.39 is 10.0 Å². The van der Waals surface area contributed by atoms with Crippen molar-refractivity contribution in [1.82, 2.24) is 0 Å². The average molecular weight is 433 g/mol. The minimum absolute atomic E-state index is 0.192. The first-order chi connectivity index (χ1) is 15.0. The predicted molar refractivity (Wildman–Crippen MR) is 123 cm³/mol. The number of rotatable bonds is 5. The standard InChI is InChI=1S/C25H24N2O3S/c1-30-19-12-10-18(11-13-19)27-31(28,29)20-14-15-24-23(16-20)21-8-5-9-22(21)25(26-24)17-6-3-2-4-7-17/h2-8,10-16,21-22,25-27H,9H2,1H3/t21-,22-,25-/m1/s1. The molecule has 0 unspecified atom stereocenters. The molecule has 158 valence electrons. The molecular weight excluding hydrogens is 408 g/mol. The third-order valence-corrected chi connectivity index (χ3v) is 7.52.